The van der Waals surface area contributed by atoms with Crippen molar-refractivity contribution in [3.05, 3.63) is 30.6 Å². The van der Waals surface area contributed by atoms with Gasteiger partial charge in [0.1, 0.15) is 10.8 Å². The molecule has 0 radical (unpaired) electrons. The van der Waals surface area contributed by atoms with Gasteiger partial charge in [0.25, 0.3) is 0 Å². The van der Waals surface area contributed by atoms with Crippen molar-refractivity contribution >= 4 is 17.6 Å². The number of rotatable bonds is 3. The lowest BCUT2D eigenvalue weighted by molar-refractivity contribution is 1.04. The maximum Gasteiger partial charge on any atom is 0.171 e. The van der Waals surface area contributed by atoms with Crippen molar-refractivity contribution < 1.29 is 0 Å². The van der Waals surface area contributed by atoms with Crippen LogP contribution in [0.4, 0.5) is 5.82 Å². The van der Waals surface area contributed by atoms with Crippen LogP contribution < -0.4 is 11.3 Å². The third-order valence-electron chi connectivity index (χ3n) is 1.55. The van der Waals surface area contributed by atoms with E-state index in [0.717, 1.165) is 10.2 Å². The van der Waals surface area contributed by atoms with Gasteiger partial charge in [0.2, 0.25) is 0 Å². The Bertz CT molecular complexity index is 400. The van der Waals surface area contributed by atoms with E-state index < -0.39 is 0 Å². The number of nitrogens with one attached hydrogen (secondary N) is 2. The highest BCUT2D eigenvalue weighted by atomic mass is 32.2. The number of nitrogens with zero attached hydrogens (tertiary/aromatic N) is 2. The first-order chi connectivity index (χ1) is 6.88. The molecule has 0 fully saturated rings. The number of aromatic amines is 1. The summed E-state index contributed by atoms with van der Waals surface area (Å²) < 4.78 is 0. The van der Waals surface area contributed by atoms with Crippen LogP contribution in [-0.2, 0) is 0 Å². The van der Waals surface area contributed by atoms with Crippen LogP contribution >= 0.6 is 11.8 Å². The molecule has 0 bridgehead atoms. The molecule has 14 heavy (non-hydrogen) atoms. The first kappa shape index (κ1) is 9.04. The van der Waals surface area contributed by atoms with E-state index in [0.29, 0.717) is 5.82 Å². The molecule has 0 atom stereocenters. The average molecular weight is 207 g/mol. The number of hydrazine groups is 1. The number of aromatic nitrogens is 3. The third-order valence-corrected chi connectivity index (χ3v) is 2.40. The Morgan fingerprint density at radius 1 is 1.43 bits per heavy atom. The number of nitrogens with two attached hydrogens (primary N) is 1. The molecule has 0 aliphatic heterocycles. The first-order valence-electron chi connectivity index (χ1n) is 3.99. The highest BCUT2D eigenvalue weighted by molar-refractivity contribution is 7.99. The Balaban J connectivity index is 2.17. The molecule has 0 saturated heterocycles. The van der Waals surface area contributed by atoms with Gasteiger partial charge in [-0.05, 0) is 23.9 Å². The Labute approximate surface area is 85.1 Å². The predicted molar refractivity (Wildman–Crippen MR) is 54.8 cm³/mol. The normalized spacial score (nSPS) is 10.1. The number of hydrogen-bond donors (Lipinski definition) is 3. The van der Waals surface area contributed by atoms with E-state index in [4.69, 9.17) is 5.84 Å². The van der Waals surface area contributed by atoms with Crippen LogP contribution in [0.5, 0.6) is 0 Å². The summed E-state index contributed by atoms with van der Waals surface area (Å²) in [4.78, 5) is 11.3. The second-order valence-corrected chi connectivity index (χ2v) is 3.51. The molecule has 6 heteroatoms. The summed E-state index contributed by atoms with van der Waals surface area (Å²) in [5.41, 5.74) is 2.49. The maximum absolute atomic E-state index is 5.25. The summed E-state index contributed by atoms with van der Waals surface area (Å²) in [5.74, 6) is 5.89. The molecule has 0 aromatic carbocycles. The lowest BCUT2D eigenvalue weighted by Crippen LogP contribution is -2.08. The van der Waals surface area contributed by atoms with Crippen molar-refractivity contribution in [2.45, 2.75) is 10.2 Å². The van der Waals surface area contributed by atoms with Crippen LogP contribution in [0.3, 0.4) is 0 Å². The van der Waals surface area contributed by atoms with Gasteiger partial charge in [-0.1, -0.05) is 6.07 Å². The van der Waals surface area contributed by atoms with Gasteiger partial charge in [0, 0.05) is 12.4 Å². The van der Waals surface area contributed by atoms with Gasteiger partial charge in [-0.2, -0.15) is 0 Å². The molecule has 2 heterocycles. The van der Waals surface area contributed by atoms with Crippen molar-refractivity contribution in [1.82, 2.24) is 15.0 Å². The Morgan fingerprint density at radius 3 is 3.07 bits per heavy atom. The zero-order valence-electron chi connectivity index (χ0n) is 7.27. The van der Waals surface area contributed by atoms with E-state index in [9.17, 15) is 0 Å². The summed E-state index contributed by atoms with van der Waals surface area (Å²) in [7, 11) is 0. The number of anilines is 1. The van der Waals surface area contributed by atoms with Gasteiger partial charge in [-0.3, -0.25) is 0 Å². The SMILES string of the molecule is NNc1cccc(Sc2ncc[nH]2)n1. The lowest BCUT2D eigenvalue weighted by Gasteiger charge is -2.00. The molecule has 2 rings (SSSR count). The monoisotopic (exact) mass is 207 g/mol. The van der Waals surface area contributed by atoms with Gasteiger partial charge in [0.05, 0.1) is 0 Å². The zero-order valence-corrected chi connectivity index (χ0v) is 8.08. The van der Waals surface area contributed by atoms with Crippen LogP contribution in [0.1, 0.15) is 0 Å². The number of pyridine rings is 1. The second-order valence-electron chi connectivity index (χ2n) is 2.50. The van der Waals surface area contributed by atoms with E-state index in [2.05, 4.69) is 20.4 Å². The number of hydrogen-bond acceptors (Lipinski definition) is 5. The van der Waals surface area contributed by atoms with Crippen LogP contribution in [-0.4, -0.2) is 15.0 Å². The molecule has 0 aliphatic carbocycles. The predicted octanol–water partition coefficient (Wildman–Crippen LogP) is 1.24. The minimum absolute atomic E-state index is 0.640. The number of nitrogen functional groups attached to an aromatic ring is 1. The summed E-state index contributed by atoms with van der Waals surface area (Å²) in [6.07, 6.45) is 3.47. The van der Waals surface area contributed by atoms with Crippen molar-refractivity contribution in [1.29, 1.82) is 0 Å². The highest BCUT2D eigenvalue weighted by Gasteiger charge is 2.00. The van der Waals surface area contributed by atoms with Crippen LogP contribution in [0.2, 0.25) is 0 Å². The van der Waals surface area contributed by atoms with Gasteiger partial charge < -0.3 is 10.4 Å². The number of imidazole rings is 1. The van der Waals surface area contributed by atoms with Crippen LogP contribution in [0.25, 0.3) is 0 Å². The Hall–Kier alpha value is -1.53. The third kappa shape index (κ3) is 2.04. The molecule has 2 aromatic heterocycles. The first-order valence-corrected chi connectivity index (χ1v) is 4.81. The topological polar surface area (TPSA) is 79.6 Å². The molecule has 0 aliphatic rings. The van der Waals surface area contributed by atoms with Gasteiger partial charge >= 0.3 is 0 Å². The molecular formula is C8H9N5S. The molecule has 0 spiro atoms. The molecule has 2 aromatic rings. The minimum Gasteiger partial charge on any atom is -0.339 e. The molecule has 4 N–H and O–H groups in total. The van der Waals surface area contributed by atoms with E-state index >= 15 is 0 Å². The average Bonchev–Trinajstić information content (AvgIpc) is 2.71. The number of H-pyrrole nitrogens is 1. The Kier molecular flexibility index (Phi) is 2.66. The Morgan fingerprint density at radius 2 is 2.36 bits per heavy atom. The van der Waals surface area contributed by atoms with Crippen LogP contribution in [0, 0.1) is 0 Å². The smallest absolute Gasteiger partial charge is 0.171 e. The lowest BCUT2D eigenvalue weighted by atomic mass is 10.5. The fraction of sp³-hybridized carbons (Fsp3) is 0. The van der Waals surface area contributed by atoms with E-state index in [-0.39, 0.29) is 0 Å². The van der Waals surface area contributed by atoms with E-state index in [1.54, 1.807) is 18.5 Å². The van der Waals surface area contributed by atoms with Gasteiger partial charge in [0.15, 0.2) is 5.16 Å². The standard InChI is InChI=1S/C8H9N5S/c9-13-6-2-1-3-7(12-6)14-8-10-4-5-11-8/h1-5H,9H2,(H,10,11)(H,12,13). The molecule has 5 nitrogen and oxygen atoms in total. The molecular weight excluding hydrogens is 198 g/mol. The van der Waals surface area contributed by atoms with Crippen molar-refractivity contribution in [2.24, 2.45) is 5.84 Å². The molecule has 0 saturated carbocycles. The van der Waals surface area contributed by atoms with E-state index in [1.165, 1.54) is 11.8 Å². The fourth-order valence-corrected chi connectivity index (χ4v) is 1.69. The summed E-state index contributed by atoms with van der Waals surface area (Å²) in [6, 6.07) is 5.58. The zero-order chi connectivity index (χ0) is 9.80. The minimum atomic E-state index is 0.640. The quantitative estimate of drug-likeness (QED) is 0.521. The molecule has 0 unspecified atom stereocenters. The van der Waals surface area contributed by atoms with Crippen LogP contribution in [0.15, 0.2) is 40.8 Å². The largest absolute Gasteiger partial charge is 0.339 e. The molecule has 0 amide bonds. The van der Waals surface area contributed by atoms with Crippen molar-refractivity contribution in [3.8, 4) is 0 Å². The van der Waals surface area contributed by atoms with Gasteiger partial charge in [-0.25, -0.2) is 15.8 Å². The van der Waals surface area contributed by atoms with Crippen molar-refractivity contribution in [2.75, 3.05) is 5.43 Å². The second kappa shape index (κ2) is 4.12. The molecule has 72 valence electrons. The summed E-state index contributed by atoms with van der Waals surface area (Å²) in [6.45, 7) is 0. The highest BCUT2D eigenvalue weighted by Crippen LogP contribution is 2.22. The van der Waals surface area contributed by atoms with Gasteiger partial charge in [-0.15, -0.1) is 0 Å². The van der Waals surface area contributed by atoms with E-state index in [1.807, 2.05) is 12.1 Å². The van der Waals surface area contributed by atoms with Crippen molar-refractivity contribution in [3.63, 3.8) is 0 Å². The fourth-order valence-electron chi connectivity index (χ4n) is 0.958. The summed E-state index contributed by atoms with van der Waals surface area (Å²) in [5, 5.41) is 1.65. The summed E-state index contributed by atoms with van der Waals surface area (Å²) >= 11 is 1.45. The maximum atomic E-state index is 5.25.